The summed E-state index contributed by atoms with van der Waals surface area (Å²) < 4.78 is 91.3. The second-order valence-electron chi connectivity index (χ2n) is 13.7. The summed E-state index contributed by atoms with van der Waals surface area (Å²) in [5, 5.41) is 18.1. The molecular weight excluding hydrogens is 688 g/mol. The molecule has 2 aromatic carbocycles. The molecule has 10 nitrogen and oxygen atoms in total. The van der Waals surface area contributed by atoms with Crippen molar-refractivity contribution >= 4 is 44.6 Å². The van der Waals surface area contributed by atoms with E-state index in [-0.39, 0.29) is 75.6 Å². The Kier molecular flexibility index (Phi) is 8.80. The number of anilines is 1. The SMILES string of the molecule is CN(C)C1(C)CN(c2nc3c(F)c(-c4ccc(F)c5cccnc45)c(C(F)(F)F)cc3c3c2nnn3[C@H]2CCN(C(=O)/C=C/CF)[C@H](CC#N)C2)C1. The summed E-state index contributed by atoms with van der Waals surface area (Å²) >= 11 is 0. The van der Waals surface area contributed by atoms with Gasteiger partial charge in [0.15, 0.2) is 17.2 Å². The molecule has 5 heterocycles. The van der Waals surface area contributed by atoms with Crippen molar-refractivity contribution in [2.75, 3.05) is 45.3 Å². The summed E-state index contributed by atoms with van der Waals surface area (Å²) in [5.41, 5.74) is -2.87. The van der Waals surface area contributed by atoms with E-state index in [2.05, 4.69) is 26.3 Å². The predicted molar refractivity (Wildman–Crippen MR) is 182 cm³/mol. The number of piperidine rings is 1. The molecule has 0 unspecified atom stereocenters. The molecule has 0 N–H and O–H groups in total. The molecule has 5 aromatic rings. The molecule has 1 amide bonds. The Bertz CT molecular complexity index is 2290. The number of pyridine rings is 2. The fourth-order valence-corrected chi connectivity index (χ4v) is 7.38. The number of allylic oxidation sites excluding steroid dienone is 1. The maximum atomic E-state index is 17.2. The number of nitriles is 1. The normalized spacial score (nSPS) is 19.2. The van der Waals surface area contributed by atoms with Crippen LogP contribution in [0.1, 0.15) is 37.8 Å². The summed E-state index contributed by atoms with van der Waals surface area (Å²) in [7, 11) is 3.84. The molecule has 0 bridgehead atoms. The molecule has 2 fully saturated rings. The Balaban J connectivity index is 1.47. The molecular formula is C36H33F6N9O. The van der Waals surface area contributed by atoms with Crippen LogP contribution >= 0.6 is 0 Å². The van der Waals surface area contributed by atoms with Gasteiger partial charge in [-0.3, -0.25) is 9.78 Å². The number of halogens is 6. The number of hydrogen-bond donors (Lipinski definition) is 0. The van der Waals surface area contributed by atoms with Gasteiger partial charge >= 0.3 is 6.18 Å². The first kappa shape index (κ1) is 35.1. The molecule has 3 aromatic heterocycles. The summed E-state index contributed by atoms with van der Waals surface area (Å²) in [5.74, 6) is -2.22. The molecule has 52 heavy (non-hydrogen) atoms. The first-order valence-electron chi connectivity index (χ1n) is 16.6. The quantitative estimate of drug-likeness (QED) is 0.137. The molecule has 270 valence electrons. The third-order valence-electron chi connectivity index (χ3n) is 10.3. The average molecular weight is 722 g/mol. The van der Waals surface area contributed by atoms with E-state index in [1.54, 1.807) is 0 Å². The number of amides is 1. The molecule has 0 radical (unpaired) electrons. The Morgan fingerprint density at radius 2 is 1.90 bits per heavy atom. The van der Waals surface area contributed by atoms with Crippen LogP contribution in [0.15, 0.2) is 48.7 Å². The van der Waals surface area contributed by atoms with Crippen LogP contribution in [0.4, 0.5) is 32.2 Å². The largest absolute Gasteiger partial charge is 0.417 e. The van der Waals surface area contributed by atoms with Crippen molar-refractivity contribution in [3.05, 3.63) is 65.9 Å². The first-order chi connectivity index (χ1) is 24.8. The highest BCUT2D eigenvalue weighted by Gasteiger charge is 2.44. The fraction of sp³-hybridized carbons (Fsp3) is 0.389. The topological polar surface area (TPSA) is 107 Å². The maximum Gasteiger partial charge on any atom is 0.417 e. The lowest BCUT2D eigenvalue weighted by molar-refractivity contribution is -0.137. The summed E-state index contributed by atoms with van der Waals surface area (Å²) in [6.07, 6.45) is -1.19. The van der Waals surface area contributed by atoms with Crippen LogP contribution in [0.25, 0.3) is 44.0 Å². The van der Waals surface area contributed by atoms with Crippen LogP contribution < -0.4 is 4.90 Å². The van der Waals surface area contributed by atoms with Crippen LogP contribution in [-0.4, -0.2) is 92.7 Å². The van der Waals surface area contributed by atoms with E-state index >= 15 is 17.6 Å². The molecule has 16 heteroatoms. The molecule has 0 aliphatic carbocycles. The van der Waals surface area contributed by atoms with Gasteiger partial charge in [-0.1, -0.05) is 5.21 Å². The van der Waals surface area contributed by atoms with Crippen molar-refractivity contribution in [3.8, 4) is 17.2 Å². The number of alkyl halides is 4. The minimum atomic E-state index is -5.06. The molecule has 2 aliphatic heterocycles. The number of carbonyl (C=O) groups excluding carboxylic acids is 1. The Morgan fingerprint density at radius 1 is 1.13 bits per heavy atom. The van der Waals surface area contributed by atoms with Crippen LogP contribution in [0.3, 0.4) is 0 Å². The van der Waals surface area contributed by atoms with Crippen molar-refractivity contribution in [1.29, 1.82) is 5.26 Å². The van der Waals surface area contributed by atoms with Crippen LogP contribution in [-0.2, 0) is 11.0 Å². The molecule has 0 saturated carbocycles. The number of nitrogens with zero attached hydrogens (tertiary/aromatic N) is 9. The van der Waals surface area contributed by atoms with Crippen molar-refractivity contribution in [2.45, 2.75) is 50.0 Å². The number of fused-ring (bicyclic) bond motifs is 4. The maximum absolute atomic E-state index is 17.2. The van der Waals surface area contributed by atoms with Gasteiger partial charge in [-0.05, 0) is 70.3 Å². The number of likely N-dealkylation sites (N-methyl/N-ethyl adjacent to an activating group) is 1. The third-order valence-corrected chi connectivity index (χ3v) is 10.3. The van der Waals surface area contributed by atoms with Gasteiger partial charge in [-0.15, -0.1) is 5.10 Å². The van der Waals surface area contributed by atoms with E-state index in [0.717, 1.165) is 30.4 Å². The monoisotopic (exact) mass is 721 g/mol. The number of likely N-dealkylation sites (tertiary alicyclic amines) is 1. The van der Waals surface area contributed by atoms with E-state index in [0.29, 0.717) is 13.1 Å². The van der Waals surface area contributed by atoms with E-state index in [4.69, 9.17) is 0 Å². The highest BCUT2D eigenvalue weighted by Crippen LogP contribution is 2.46. The van der Waals surface area contributed by atoms with Gasteiger partial charge in [0, 0.05) is 59.8 Å². The van der Waals surface area contributed by atoms with E-state index in [1.807, 2.05) is 30.8 Å². The summed E-state index contributed by atoms with van der Waals surface area (Å²) in [6.45, 7) is 2.26. The zero-order valence-electron chi connectivity index (χ0n) is 28.4. The third kappa shape index (κ3) is 5.76. The van der Waals surface area contributed by atoms with Crippen LogP contribution in [0.2, 0.25) is 0 Å². The van der Waals surface area contributed by atoms with Crippen molar-refractivity contribution in [3.63, 3.8) is 0 Å². The van der Waals surface area contributed by atoms with Crippen LogP contribution in [0, 0.1) is 23.0 Å². The second kappa shape index (κ2) is 13.0. The van der Waals surface area contributed by atoms with Gasteiger partial charge < -0.3 is 14.7 Å². The predicted octanol–water partition coefficient (Wildman–Crippen LogP) is 6.60. The van der Waals surface area contributed by atoms with Gasteiger partial charge in [0.25, 0.3) is 0 Å². The summed E-state index contributed by atoms with van der Waals surface area (Å²) in [4.78, 5) is 27.0. The number of hydrogen-bond acceptors (Lipinski definition) is 8. The van der Waals surface area contributed by atoms with Crippen molar-refractivity contribution in [1.82, 2.24) is 34.8 Å². The minimum absolute atomic E-state index is 0.0569. The zero-order chi connectivity index (χ0) is 37.1. The van der Waals surface area contributed by atoms with Crippen molar-refractivity contribution < 1.29 is 31.1 Å². The smallest absolute Gasteiger partial charge is 0.351 e. The number of benzene rings is 2. The minimum Gasteiger partial charge on any atom is -0.351 e. The lowest BCUT2D eigenvalue weighted by Crippen LogP contribution is -2.67. The average Bonchev–Trinajstić information content (AvgIpc) is 3.55. The first-order valence-corrected chi connectivity index (χ1v) is 16.6. The van der Waals surface area contributed by atoms with Crippen molar-refractivity contribution in [2.24, 2.45) is 0 Å². The Morgan fingerprint density at radius 3 is 2.60 bits per heavy atom. The van der Waals surface area contributed by atoms with Crippen LogP contribution in [0.5, 0.6) is 0 Å². The Labute approximate surface area is 293 Å². The molecule has 7 rings (SSSR count). The van der Waals surface area contributed by atoms with Gasteiger partial charge in [-0.2, -0.15) is 18.4 Å². The van der Waals surface area contributed by atoms with Gasteiger partial charge in [0.2, 0.25) is 5.91 Å². The molecule has 0 spiro atoms. The number of aromatic nitrogens is 5. The van der Waals surface area contributed by atoms with E-state index in [9.17, 15) is 18.8 Å². The fourth-order valence-electron chi connectivity index (χ4n) is 7.38. The molecule has 2 saturated heterocycles. The number of rotatable bonds is 7. The van der Waals surface area contributed by atoms with E-state index < -0.39 is 53.6 Å². The standard InChI is InChI=1S/C36H33F6N9O/c1-35(48(2)3)18-49(19-35)34-32-33(51(47-46-32)21-11-15-50(20(16-21)10-13-43)27(52)7-4-12-37)24-17-25(36(40,41)42)28(29(39)31(24)45-34)23-8-9-26(38)22-6-5-14-44-30(22)23/h4-9,14,17,20-21H,10-12,15-16,18-19H2,1-3H3/b7-4+/t20-,21+/m1/s1. The lowest BCUT2D eigenvalue weighted by atomic mass is 9.90. The lowest BCUT2D eigenvalue weighted by Gasteiger charge is -2.52. The molecule has 2 atom stereocenters. The highest BCUT2D eigenvalue weighted by atomic mass is 19.4. The second-order valence-corrected chi connectivity index (χ2v) is 13.7. The number of carbonyl (C=O) groups is 1. The Hall–Kier alpha value is -5.30. The molecule has 2 aliphatic rings. The highest BCUT2D eigenvalue weighted by molar-refractivity contribution is 6.09. The van der Waals surface area contributed by atoms with Gasteiger partial charge in [0.1, 0.15) is 23.5 Å². The van der Waals surface area contributed by atoms with Gasteiger partial charge in [-0.25, -0.2) is 22.8 Å². The zero-order valence-corrected chi connectivity index (χ0v) is 28.4. The van der Waals surface area contributed by atoms with Gasteiger partial charge in [0.05, 0.1) is 35.2 Å². The van der Waals surface area contributed by atoms with E-state index in [1.165, 1.54) is 27.9 Å². The summed E-state index contributed by atoms with van der Waals surface area (Å²) in [6, 6.07) is 6.60.